The molecule has 1 aliphatic rings. The standard InChI is InChI=1S/C27H30N2O2/c1-26(2)14-22(15-27(3,4)17-26)25(20-10-11-23-21(13-20)16-28-29-23)19-8-5-18(6-9-19)7-12-24(30)31/h5-13,16H,14-15,17H2,1-4H3,(H,28,29)(H,30,31)/b12-7+. The third-order valence-corrected chi connectivity index (χ3v) is 6.04. The Kier molecular flexibility index (Phi) is 5.34. The molecule has 3 aromatic rings. The van der Waals surface area contributed by atoms with Gasteiger partial charge in [0, 0.05) is 11.5 Å². The van der Waals surface area contributed by atoms with Crippen LogP contribution < -0.4 is 0 Å². The number of benzene rings is 2. The lowest BCUT2D eigenvalue weighted by atomic mass is 9.62. The highest BCUT2D eigenvalue weighted by Gasteiger charge is 2.37. The van der Waals surface area contributed by atoms with Crippen LogP contribution >= 0.6 is 0 Å². The summed E-state index contributed by atoms with van der Waals surface area (Å²) in [7, 11) is 0. The van der Waals surface area contributed by atoms with E-state index in [4.69, 9.17) is 5.11 Å². The Morgan fingerprint density at radius 3 is 2.29 bits per heavy atom. The molecule has 31 heavy (non-hydrogen) atoms. The van der Waals surface area contributed by atoms with Gasteiger partial charge in [0.15, 0.2) is 0 Å². The maximum absolute atomic E-state index is 10.8. The lowest BCUT2D eigenvalue weighted by Gasteiger charge is -2.43. The van der Waals surface area contributed by atoms with Gasteiger partial charge >= 0.3 is 5.97 Å². The van der Waals surface area contributed by atoms with Crippen molar-refractivity contribution in [3.8, 4) is 0 Å². The molecule has 1 aliphatic carbocycles. The van der Waals surface area contributed by atoms with E-state index in [2.05, 4.69) is 68.2 Å². The normalized spacial score (nSPS) is 17.9. The number of aromatic amines is 1. The van der Waals surface area contributed by atoms with Crippen LogP contribution in [0, 0.1) is 10.8 Å². The van der Waals surface area contributed by atoms with E-state index in [0.717, 1.165) is 29.3 Å². The number of hydrogen-bond donors (Lipinski definition) is 2. The summed E-state index contributed by atoms with van der Waals surface area (Å²) < 4.78 is 0. The number of H-pyrrole nitrogens is 1. The fraction of sp³-hybridized carbons (Fsp3) is 0.333. The quantitative estimate of drug-likeness (QED) is 0.467. The predicted molar refractivity (Wildman–Crippen MR) is 127 cm³/mol. The molecule has 4 heteroatoms. The second-order valence-corrected chi connectivity index (χ2v) is 10.3. The van der Waals surface area contributed by atoms with Crippen molar-refractivity contribution in [1.29, 1.82) is 0 Å². The monoisotopic (exact) mass is 414 g/mol. The summed E-state index contributed by atoms with van der Waals surface area (Å²) in [5.74, 6) is -0.938. The number of aromatic nitrogens is 2. The second-order valence-electron chi connectivity index (χ2n) is 10.3. The minimum Gasteiger partial charge on any atom is -0.478 e. The van der Waals surface area contributed by atoms with Crippen LogP contribution in [-0.4, -0.2) is 21.3 Å². The molecule has 4 nitrogen and oxygen atoms in total. The highest BCUT2D eigenvalue weighted by molar-refractivity contribution is 5.89. The van der Waals surface area contributed by atoms with E-state index in [0.29, 0.717) is 0 Å². The lowest BCUT2D eigenvalue weighted by Crippen LogP contribution is -2.30. The average molecular weight is 415 g/mol. The van der Waals surface area contributed by atoms with Gasteiger partial charge in [-0.3, -0.25) is 5.10 Å². The molecular formula is C27H30N2O2. The molecule has 0 amide bonds. The smallest absolute Gasteiger partial charge is 0.328 e. The molecule has 160 valence electrons. The molecule has 0 spiro atoms. The third-order valence-electron chi connectivity index (χ3n) is 6.04. The number of aliphatic carboxylic acids is 1. The molecule has 1 heterocycles. The van der Waals surface area contributed by atoms with E-state index in [1.807, 2.05) is 18.3 Å². The molecule has 0 aliphatic heterocycles. The Balaban J connectivity index is 1.86. The van der Waals surface area contributed by atoms with Crippen LogP contribution in [0.25, 0.3) is 22.6 Å². The van der Waals surface area contributed by atoms with Crippen molar-refractivity contribution in [3.63, 3.8) is 0 Å². The summed E-state index contributed by atoms with van der Waals surface area (Å²) in [6.45, 7) is 9.46. The zero-order valence-corrected chi connectivity index (χ0v) is 18.7. The van der Waals surface area contributed by atoms with Gasteiger partial charge in [-0.25, -0.2) is 4.79 Å². The topological polar surface area (TPSA) is 66.0 Å². The fourth-order valence-electron chi connectivity index (χ4n) is 5.42. The van der Waals surface area contributed by atoms with Crippen molar-refractivity contribution in [2.24, 2.45) is 10.8 Å². The van der Waals surface area contributed by atoms with Crippen molar-refractivity contribution in [1.82, 2.24) is 10.2 Å². The molecule has 0 atom stereocenters. The Morgan fingerprint density at radius 2 is 1.65 bits per heavy atom. The van der Waals surface area contributed by atoms with Crippen LogP contribution in [0.4, 0.5) is 0 Å². The molecule has 0 unspecified atom stereocenters. The van der Waals surface area contributed by atoms with Crippen LogP contribution in [0.3, 0.4) is 0 Å². The van der Waals surface area contributed by atoms with Crippen LogP contribution in [0.15, 0.2) is 60.3 Å². The summed E-state index contributed by atoms with van der Waals surface area (Å²) in [5, 5.41) is 17.2. The Labute approximate surface area is 183 Å². The number of fused-ring (bicyclic) bond motifs is 1. The van der Waals surface area contributed by atoms with E-state index in [1.54, 1.807) is 6.08 Å². The minimum absolute atomic E-state index is 0.242. The zero-order chi connectivity index (χ0) is 22.2. The number of nitrogens with one attached hydrogen (secondary N) is 1. The maximum Gasteiger partial charge on any atom is 0.328 e. The Bertz CT molecular complexity index is 1160. The summed E-state index contributed by atoms with van der Waals surface area (Å²) >= 11 is 0. The molecule has 1 fully saturated rings. The number of hydrogen-bond acceptors (Lipinski definition) is 2. The fourth-order valence-corrected chi connectivity index (χ4v) is 5.42. The van der Waals surface area contributed by atoms with E-state index in [-0.39, 0.29) is 10.8 Å². The van der Waals surface area contributed by atoms with Crippen LogP contribution in [0.5, 0.6) is 0 Å². The first-order valence-electron chi connectivity index (χ1n) is 10.8. The number of nitrogens with zero attached hydrogens (tertiary/aromatic N) is 1. The maximum atomic E-state index is 10.8. The zero-order valence-electron chi connectivity index (χ0n) is 18.7. The van der Waals surface area contributed by atoms with Crippen LogP contribution in [-0.2, 0) is 4.79 Å². The summed E-state index contributed by atoms with van der Waals surface area (Å²) in [4.78, 5) is 10.8. The van der Waals surface area contributed by atoms with Gasteiger partial charge in [0.05, 0.1) is 11.7 Å². The van der Waals surface area contributed by atoms with Crippen molar-refractivity contribution < 1.29 is 9.90 Å². The number of carboxylic acid groups (broad SMARTS) is 1. The van der Waals surface area contributed by atoms with E-state index in [9.17, 15) is 4.79 Å². The van der Waals surface area contributed by atoms with Gasteiger partial charge in [-0.1, -0.05) is 63.6 Å². The second kappa shape index (κ2) is 7.84. The number of allylic oxidation sites excluding steroid dienone is 1. The van der Waals surface area contributed by atoms with Gasteiger partial charge in [-0.2, -0.15) is 5.10 Å². The SMILES string of the molecule is CC1(C)CC(=C(c2ccc(/C=C/C(=O)O)cc2)c2ccc3[nH]ncc3c2)CC(C)(C)C1. The molecule has 2 aromatic carbocycles. The first-order valence-corrected chi connectivity index (χ1v) is 10.8. The summed E-state index contributed by atoms with van der Waals surface area (Å²) in [6, 6.07) is 14.7. The first kappa shape index (κ1) is 21.1. The first-order chi connectivity index (χ1) is 14.6. The average Bonchev–Trinajstić information content (AvgIpc) is 3.13. The van der Waals surface area contributed by atoms with Crippen molar-refractivity contribution in [2.45, 2.75) is 47.0 Å². The molecule has 0 bridgehead atoms. The molecular weight excluding hydrogens is 384 g/mol. The molecule has 2 N–H and O–H groups in total. The van der Waals surface area contributed by atoms with Gasteiger partial charge in [0.1, 0.15) is 0 Å². The molecule has 4 rings (SSSR count). The number of carboxylic acids is 1. The molecule has 0 radical (unpaired) electrons. The van der Waals surface area contributed by atoms with Gasteiger partial charge in [0.2, 0.25) is 0 Å². The molecule has 1 saturated carbocycles. The predicted octanol–water partition coefficient (Wildman–Crippen LogP) is 6.70. The van der Waals surface area contributed by atoms with Crippen molar-refractivity contribution >= 4 is 28.5 Å². The third kappa shape index (κ3) is 4.79. The largest absolute Gasteiger partial charge is 0.478 e. The minimum atomic E-state index is -0.938. The van der Waals surface area contributed by atoms with E-state index in [1.165, 1.54) is 34.8 Å². The Morgan fingerprint density at radius 1 is 1.00 bits per heavy atom. The lowest BCUT2D eigenvalue weighted by molar-refractivity contribution is -0.131. The van der Waals surface area contributed by atoms with Crippen molar-refractivity contribution in [3.05, 3.63) is 77.0 Å². The van der Waals surface area contributed by atoms with Gasteiger partial charge in [-0.15, -0.1) is 0 Å². The van der Waals surface area contributed by atoms with Gasteiger partial charge in [0.25, 0.3) is 0 Å². The highest BCUT2D eigenvalue weighted by atomic mass is 16.4. The summed E-state index contributed by atoms with van der Waals surface area (Å²) in [6.07, 6.45) is 8.01. The van der Waals surface area contributed by atoms with Gasteiger partial charge < -0.3 is 5.11 Å². The van der Waals surface area contributed by atoms with Crippen LogP contribution in [0.1, 0.15) is 63.6 Å². The summed E-state index contributed by atoms with van der Waals surface area (Å²) in [5.41, 5.74) is 7.54. The Hall–Kier alpha value is -3.14. The van der Waals surface area contributed by atoms with E-state index < -0.39 is 5.97 Å². The number of rotatable bonds is 4. The molecule has 0 saturated heterocycles. The van der Waals surface area contributed by atoms with Crippen LogP contribution in [0.2, 0.25) is 0 Å². The van der Waals surface area contributed by atoms with Gasteiger partial charge in [-0.05, 0) is 70.6 Å². The number of carbonyl (C=O) groups is 1. The van der Waals surface area contributed by atoms with E-state index >= 15 is 0 Å². The molecule has 1 aromatic heterocycles. The highest BCUT2D eigenvalue weighted by Crippen LogP contribution is 2.50. The van der Waals surface area contributed by atoms with Crippen molar-refractivity contribution in [2.75, 3.05) is 0 Å².